The number of anilines is 1. The molecule has 0 radical (unpaired) electrons. The van der Waals surface area contributed by atoms with Crippen LogP contribution in [0.5, 0.6) is 0 Å². The highest BCUT2D eigenvalue weighted by molar-refractivity contribution is 8.27. The molecule has 1 amide bonds. The van der Waals surface area contributed by atoms with Gasteiger partial charge in [0.15, 0.2) is 4.32 Å². The van der Waals surface area contributed by atoms with E-state index in [2.05, 4.69) is 0 Å². The van der Waals surface area contributed by atoms with E-state index in [0.29, 0.717) is 9.23 Å². The average molecular weight is 343 g/mol. The predicted octanol–water partition coefficient (Wildman–Crippen LogP) is 4.85. The van der Waals surface area contributed by atoms with E-state index in [-0.39, 0.29) is 11.7 Å². The van der Waals surface area contributed by atoms with Crippen LogP contribution in [-0.4, -0.2) is 10.2 Å². The van der Waals surface area contributed by atoms with E-state index in [1.54, 1.807) is 23.1 Å². The Morgan fingerprint density at radius 3 is 2.43 bits per heavy atom. The zero-order valence-electron chi connectivity index (χ0n) is 12.7. The smallest absolute Gasteiger partial charge is 0.268 e. The highest BCUT2D eigenvalue weighted by atomic mass is 32.2. The summed E-state index contributed by atoms with van der Waals surface area (Å²) in [5, 5.41) is 0. The van der Waals surface area contributed by atoms with Gasteiger partial charge in [0.2, 0.25) is 0 Å². The standard InChI is InChI=1S/C18H14FNOS2/c1-11-3-8-15(9-12(11)2)20-17(21)16(23-18(20)22)10-13-4-6-14(19)7-5-13/h3-10H,1-2H3/b16-10+. The van der Waals surface area contributed by atoms with Gasteiger partial charge < -0.3 is 0 Å². The highest BCUT2D eigenvalue weighted by Gasteiger charge is 2.33. The van der Waals surface area contributed by atoms with E-state index in [1.807, 2.05) is 32.0 Å². The molecular formula is C18H14FNOS2. The Balaban J connectivity index is 1.93. The second kappa shape index (κ2) is 6.26. The lowest BCUT2D eigenvalue weighted by Gasteiger charge is -2.15. The quantitative estimate of drug-likeness (QED) is 0.574. The molecule has 0 unspecified atom stereocenters. The lowest BCUT2D eigenvalue weighted by Crippen LogP contribution is -2.27. The fourth-order valence-electron chi connectivity index (χ4n) is 2.27. The van der Waals surface area contributed by atoms with Crippen molar-refractivity contribution in [3.63, 3.8) is 0 Å². The minimum atomic E-state index is -0.301. The maximum atomic E-state index is 13.0. The van der Waals surface area contributed by atoms with Crippen LogP contribution in [0.1, 0.15) is 16.7 Å². The SMILES string of the molecule is Cc1ccc(N2C(=O)/C(=C\c3ccc(F)cc3)SC2=S)cc1C. The zero-order chi connectivity index (χ0) is 16.6. The number of nitrogens with zero attached hydrogens (tertiary/aromatic N) is 1. The third-order valence-corrected chi connectivity index (χ3v) is 5.01. The van der Waals surface area contributed by atoms with E-state index < -0.39 is 0 Å². The van der Waals surface area contributed by atoms with Gasteiger partial charge in [-0.2, -0.15) is 0 Å². The van der Waals surface area contributed by atoms with Crippen LogP contribution in [-0.2, 0) is 4.79 Å². The summed E-state index contributed by atoms with van der Waals surface area (Å²) in [4.78, 5) is 14.7. The fraction of sp³-hybridized carbons (Fsp3) is 0.111. The van der Waals surface area contributed by atoms with Crippen molar-refractivity contribution in [2.75, 3.05) is 4.90 Å². The van der Waals surface area contributed by atoms with Crippen LogP contribution in [0.4, 0.5) is 10.1 Å². The number of halogens is 1. The molecule has 2 aromatic carbocycles. The first kappa shape index (κ1) is 15.9. The monoisotopic (exact) mass is 343 g/mol. The Bertz CT molecular complexity index is 827. The van der Waals surface area contributed by atoms with Gasteiger partial charge >= 0.3 is 0 Å². The Kier molecular flexibility index (Phi) is 4.33. The van der Waals surface area contributed by atoms with E-state index in [9.17, 15) is 9.18 Å². The number of benzene rings is 2. The van der Waals surface area contributed by atoms with Gasteiger partial charge in [0, 0.05) is 0 Å². The number of hydrogen-bond donors (Lipinski definition) is 0. The van der Waals surface area contributed by atoms with E-state index >= 15 is 0 Å². The maximum Gasteiger partial charge on any atom is 0.270 e. The van der Waals surface area contributed by atoms with Crippen molar-refractivity contribution in [2.45, 2.75) is 13.8 Å². The topological polar surface area (TPSA) is 20.3 Å². The molecule has 1 heterocycles. The Morgan fingerprint density at radius 2 is 1.78 bits per heavy atom. The molecule has 0 bridgehead atoms. The summed E-state index contributed by atoms with van der Waals surface area (Å²) in [7, 11) is 0. The number of carbonyl (C=O) groups is 1. The molecule has 0 aliphatic carbocycles. The van der Waals surface area contributed by atoms with Crippen molar-refractivity contribution in [3.8, 4) is 0 Å². The fourth-order valence-corrected chi connectivity index (χ4v) is 3.56. The molecule has 1 aliphatic rings. The van der Waals surface area contributed by atoms with Crippen molar-refractivity contribution in [1.29, 1.82) is 0 Å². The molecule has 1 aliphatic heterocycles. The summed E-state index contributed by atoms with van der Waals surface area (Å²) in [6.45, 7) is 4.03. The van der Waals surface area contributed by atoms with Gasteiger partial charge in [0.25, 0.3) is 5.91 Å². The Morgan fingerprint density at radius 1 is 1.09 bits per heavy atom. The van der Waals surface area contributed by atoms with Gasteiger partial charge in [0.1, 0.15) is 5.82 Å². The molecule has 0 N–H and O–H groups in total. The second-order valence-corrected chi connectivity index (χ2v) is 7.01. The number of hydrogen-bond acceptors (Lipinski definition) is 3. The van der Waals surface area contributed by atoms with Gasteiger partial charge in [-0.05, 0) is 60.9 Å². The molecule has 3 rings (SSSR count). The molecule has 2 aromatic rings. The van der Waals surface area contributed by atoms with Crippen molar-refractivity contribution >= 4 is 46.0 Å². The molecule has 5 heteroatoms. The molecule has 1 fully saturated rings. The highest BCUT2D eigenvalue weighted by Crippen LogP contribution is 2.36. The van der Waals surface area contributed by atoms with Crippen LogP contribution in [0.3, 0.4) is 0 Å². The average Bonchev–Trinajstić information content (AvgIpc) is 2.79. The summed E-state index contributed by atoms with van der Waals surface area (Å²) in [6.07, 6.45) is 1.74. The Labute approximate surface area is 144 Å². The number of thiocarbonyl (C=S) groups is 1. The predicted molar refractivity (Wildman–Crippen MR) is 98.0 cm³/mol. The summed E-state index contributed by atoms with van der Waals surface area (Å²) in [5.41, 5.74) is 3.82. The first-order chi connectivity index (χ1) is 11.0. The summed E-state index contributed by atoms with van der Waals surface area (Å²) >= 11 is 6.62. The maximum absolute atomic E-state index is 13.0. The molecule has 2 nitrogen and oxygen atoms in total. The minimum absolute atomic E-state index is 0.146. The van der Waals surface area contributed by atoms with Crippen LogP contribution in [0.25, 0.3) is 6.08 Å². The molecular weight excluding hydrogens is 329 g/mol. The molecule has 23 heavy (non-hydrogen) atoms. The summed E-state index contributed by atoms with van der Waals surface area (Å²) < 4.78 is 13.5. The molecule has 0 atom stereocenters. The van der Waals surface area contributed by atoms with Gasteiger partial charge in [-0.1, -0.05) is 42.2 Å². The number of aryl methyl sites for hydroxylation is 2. The van der Waals surface area contributed by atoms with Crippen LogP contribution >= 0.6 is 24.0 Å². The normalized spacial score (nSPS) is 16.5. The first-order valence-corrected chi connectivity index (χ1v) is 8.29. The van der Waals surface area contributed by atoms with E-state index in [0.717, 1.165) is 16.8 Å². The molecule has 116 valence electrons. The van der Waals surface area contributed by atoms with E-state index in [4.69, 9.17) is 12.2 Å². The van der Waals surface area contributed by atoms with E-state index in [1.165, 1.54) is 29.5 Å². The van der Waals surface area contributed by atoms with Crippen molar-refractivity contribution in [2.24, 2.45) is 0 Å². The number of thioether (sulfide) groups is 1. The van der Waals surface area contributed by atoms with Gasteiger partial charge in [-0.25, -0.2) is 4.39 Å². The summed E-state index contributed by atoms with van der Waals surface area (Å²) in [6, 6.07) is 11.9. The van der Waals surface area contributed by atoms with Crippen LogP contribution in [0, 0.1) is 19.7 Å². The van der Waals surface area contributed by atoms with Gasteiger partial charge in [-0.15, -0.1) is 0 Å². The van der Waals surface area contributed by atoms with Crippen molar-refractivity contribution in [3.05, 3.63) is 69.9 Å². The zero-order valence-corrected chi connectivity index (χ0v) is 14.3. The first-order valence-electron chi connectivity index (χ1n) is 7.06. The second-order valence-electron chi connectivity index (χ2n) is 5.34. The number of carbonyl (C=O) groups excluding carboxylic acids is 1. The Hall–Kier alpha value is -1.98. The third-order valence-electron chi connectivity index (χ3n) is 3.71. The molecule has 0 spiro atoms. The van der Waals surface area contributed by atoms with Gasteiger partial charge in [-0.3, -0.25) is 9.69 Å². The van der Waals surface area contributed by atoms with Crippen LogP contribution in [0.15, 0.2) is 47.4 Å². The number of amides is 1. The lowest BCUT2D eigenvalue weighted by atomic mass is 10.1. The summed E-state index contributed by atoms with van der Waals surface area (Å²) in [5.74, 6) is -0.447. The van der Waals surface area contributed by atoms with Crippen LogP contribution in [0.2, 0.25) is 0 Å². The number of rotatable bonds is 2. The van der Waals surface area contributed by atoms with Crippen LogP contribution < -0.4 is 4.90 Å². The van der Waals surface area contributed by atoms with Crippen molar-refractivity contribution in [1.82, 2.24) is 0 Å². The van der Waals surface area contributed by atoms with Gasteiger partial charge in [0.05, 0.1) is 10.6 Å². The largest absolute Gasteiger partial charge is 0.270 e. The minimum Gasteiger partial charge on any atom is -0.268 e. The van der Waals surface area contributed by atoms with Crippen molar-refractivity contribution < 1.29 is 9.18 Å². The molecule has 1 saturated heterocycles. The third kappa shape index (κ3) is 3.21. The molecule has 0 aromatic heterocycles. The lowest BCUT2D eigenvalue weighted by molar-refractivity contribution is -0.113. The molecule has 0 saturated carbocycles.